The van der Waals surface area contributed by atoms with Gasteiger partial charge in [-0.25, -0.2) is 0 Å². The lowest BCUT2D eigenvalue weighted by atomic mass is 9.77. The maximum Gasteiger partial charge on any atom is 0.0243 e. The van der Waals surface area contributed by atoms with E-state index in [0.717, 1.165) is 0 Å². The van der Waals surface area contributed by atoms with Gasteiger partial charge in [-0.3, -0.25) is 0 Å². The van der Waals surface area contributed by atoms with Crippen LogP contribution in [0.2, 0.25) is 0 Å². The van der Waals surface area contributed by atoms with Gasteiger partial charge in [0.05, 0.1) is 0 Å². The van der Waals surface area contributed by atoms with Gasteiger partial charge in [-0.05, 0) is 46.4 Å². The van der Waals surface area contributed by atoms with E-state index in [1.165, 1.54) is 38.9 Å². The van der Waals surface area contributed by atoms with Crippen LogP contribution >= 0.6 is 0 Å². The van der Waals surface area contributed by atoms with Crippen molar-refractivity contribution in [2.24, 2.45) is 0 Å². The van der Waals surface area contributed by atoms with Crippen molar-refractivity contribution < 1.29 is 0 Å². The third-order valence-electron chi connectivity index (χ3n) is 3.64. The van der Waals surface area contributed by atoms with Gasteiger partial charge in [0.15, 0.2) is 0 Å². The van der Waals surface area contributed by atoms with Crippen molar-refractivity contribution in [3.8, 4) is 0 Å². The molecule has 0 aromatic rings. The quantitative estimate of drug-likeness (QED) is 0.612. The molecule has 0 aromatic carbocycles. The van der Waals surface area contributed by atoms with Gasteiger partial charge in [-0.15, -0.1) is 0 Å². The molecule has 2 heteroatoms. The number of likely N-dealkylation sites (tertiary alicyclic amines) is 2. The SMILES string of the molecule is CC.CC.CN1CCC2(CC1)CCN2C. The average Bonchev–Trinajstić information content (AvgIpc) is 2.33. The average molecular weight is 214 g/mol. The molecular weight excluding hydrogens is 184 g/mol. The smallest absolute Gasteiger partial charge is 0.0243 e. The highest BCUT2D eigenvalue weighted by Crippen LogP contribution is 2.37. The summed E-state index contributed by atoms with van der Waals surface area (Å²) in [6, 6.07) is 0. The summed E-state index contributed by atoms with van der Waals surface area (Å²) in [4.78, 5) is 4.98. The first-order chi connectivity index (χ1) is 7.23. The predicted molar refractivity (Wildman–Crippen MR) is 69.4 cm³/mol. The summed E-state index contributed by atoms with van der Waals surface area (Å²) in [5.41, 5.74) is 0.631. The Morgan fingerprint density at radius 2 is 1.13 bits per heavy atom. The van der Waals surface area contributed by atoms with E-state index < -0.39 is 0 Å². The van der Waals surface area contributed by atoms with Gasteiger partial charge < -0.3 is 9.80 Å². The van der Waals surface area contributed by atoms with Crippen LogP contribution in [0, 0.1) is 0 Å². The molecule has 0 atom stereocenters. The summed E-state index contributed by atoms with van der Waals surface area (Å²) >= 11 is 0. The lowest BCUT2D eigenvalue weighted by Gasteiger charge is -2.54. The van der Waals surface area contributed by atoms with Crippen molar-refractivity contribution in [2.75, 3.05) is 33.7 Å². The molecule has 15 heavy (non-hydrogen) atoms. The van der Waals surface area contributed by atoms with Crippen molar-refractivity contribution in [3.05, 3.63) is 0 Å². The van der Waals surface area contributed by atoms with E-state index in [-0.39, 0.29) is 0 Å². The molecule has 0 aromatic heterocycles. The molecule has 2 nitrogen and oxygen atoms in total. The minimum absolute atomic E-state index is 0.631. The number of nitrogens with zero attached hydrogens (tertiary/aromatic N) is 2. The highest BCUT2D eigenvalue weighted by atomic mass is 15.3. The van der Waals surface area contributed by atoms with Crippen molar-refractivity contribution in [3.63, 3.8) is 0 Å². The fourth-order valence-electron chi connectivity index (χ4n) is 2.32. The number of hydrogen-bond donors (Lipinski definition) is 0. The van der Waals surface area contributed by atoms with Crippen LogP contribution in [0.3, 0.4) is 0 Å². The van der Waals surface area contributed by atoms with Gasteiger partial charge in [0.1, 0.15) is 0 Å². The van der Waals surface area contributed by atoms with Gasteiger partial charge in [-0.2, -0.15) is 0 Å². The minimum Gasteiger partial charge on any atom is -0.306 e. The first-order valence-electron chi connectivity index (χ1n) is 6.63. The first-order valence-corrected chi connectivity index (χ1v) is 6.63. The second kappa shape index (κ2) is 7.24. The van der Waals surface area contributed by atoms with E-state index in [1.807, 2.05) is 27.7 Å². The first kappa shape index (κ1) is 14.9. The van der Waals surface area contributed by atoms with Gasteiger partial charge in [0.25, 0.3) is 0 Å². The van der Waals surface area contributed by atoms with Crippen molar-refractivity contribution in [2.45, 2.75) is 52.5 Å². The zero-order valence-corrected chi connectivity index (χ0v) is 11.6. The van der Waals surface area contributed by atoms with Crippen LogP contribution in [0.1, 0.15) is 47.0 Å². The molecule has 0 N–H and O–H groups in total. The van der Waals surface area contributed by atoms with E-state index in [9.17, 15) is 0 Å². The van der Waals surface area contributed by atoms with Crippen molar-refractivity contribution >= 4 is 0 Å². The highest BCUT2D eigenvalue weighted by molar-refractivity contribution is 5.00. The summed E-state index contributed by atoms with van der Waals surface area (Å²) in [5.74, 6) is 0. The molecule has 2 rings (SSSR count). The topological polar surface area (TPSA) is 6.48 Å². The van der Waals surface area contributed by atoms with Crippen LogP contribution in [-0.2, 0) is 0 Å². The third kappa shape index (κ3) is 3.46. The molecule has 92 valence electrons. The number of hydrogen-bond acceptors (Lipinski definition) is 2. The largest absolute Gasteiger partial charge is 0.306 e. The van der Waals surface area contributed by atoms with Gasteiger partial charge in [0.2, 0.25) is 0 Å². The fourth-order valence-corrected chi connectivity index (χ4v) is 2.32. The van der Waals surface area contributed by atoms with Crippen molar-refractivity contribution in [1.82, 2.24) is 9.80 Å². The van der Waals surface area contributed by atoms with Crippen LogP contribution in [0.15, 0.2) is 0 Å². The number of piperidine rings is 1. The van der Waals surface area contributed by atoms with Gasteiger partial charge >= 0.3 is 0 Å². The summed E-state index contributed by atoms with van der Waals surface area (Å²) < 4.78 is 0. The maximum absolute atomic E-state index is 2.54. The van der Waals surface area contributed by atoms with Crippen LogP contribution in [0.5, 0.6) is 0 Å². The maximum atomic E-state index is 2.54. The Morgan fingerprint density at radius 3 is 1.40 bits per heavy atom. The normalized spacial score (nSPS) is 24.4. The summed E-state index contributed by atoms with van der Waals surface area (Å²) in [6.45, 7) is 11.9. The van der Waals surface area contributed by atoms with E-state index in [4.69, 9.17) is 0 Å². The zero-order chi connectivity index (χ0) is 11.9. The summed E-state index contributed by atoms with van der Waals surface area (Å²) in [5, 5.41) is 0. The Bertz CT molecular complexity index is 149. The molecule has 2 aliphatic heterocycles. The molecule has 0 saturated carbocycles. The predicted octanol–water partition coefficient (Wildman–Crippen LogP) is 2.84. The van der Waals surface area contributed by atoms with E-state index in [1.54, 1.807) is 0 Å². The van der Waals surface area contributed by atoms with Crippen molar-refractivity contribution in [1.29, 1.82) is 0 Å². The number of rotatable bonds is 0. The molecule has 0 unspecified atom stereocenters. The molecule has 0 aliphatic carbocycles. The van der Waals surface area contributed by atoms with Gasteiger partial charge in [-0.1, -0.05) is 27.7 Å². The molecule has 2 aliphatic rings. The lowest BCUT2D eigenvalue weighted by molar-refractivity contribution is -0.0349. The molecule has 2 heterocycles. The molecule has 1 spiro atoms. The molecule has 2 fully saturated rings. The molecule has 0 amide bonds. The Labute approximate surface area is 96.6 Å². The molecule has 0 bridgehead atoms. The highest BCUT2D eigenvalue weighted by Gasteiger charge is 2.43. The third-order valence-corrected chi connectivity index (χ3v) is 3.64. The Hall–Kier alpha value is -0.0800. The van der Waals surface area contributed by atoms with E-state index >= 15 is 0 Å². The fraction of sp³-hybridized carbons (Fsp3) is 1.00. The monoisotopic (exact) mass is 214 g/mol. The minimum atomic E-state index is 0.631. The molecule has 2 saturated heterocycles. The van der Waals surface area contributed by atoms with Crippen LogP contribution in [-0.4, -0.2) is 49.1 Å². The zero-order valence-electron chi connectivity index (χ0n) is 11.6. The summed E-state index contributed by atoms with van der Waals surface area (Å²) in [6.07, 6.45) is 4.22. The van der Waals surface area contributed by atoms with Crippen LogP contribution < -0.4 is 0 Å². The molecular formula is C13H30N2. The van der Waals surface area contributed by atoms with Crippen LogP contribution in [0.4, 0.5) is 0 Å². The molecule has 0 radical (unpaired) electrons. The van der Waals surface area contributed by atoms with E-state index in [0.29, 0.717) is 5.54 Å². The Kier molecular flexibility index (Phi) is 7.20. The van der Waals surface area contributed by atoms with E-state index in [2.05, 4.69) is 23.9 Å². The van der Waals surface area contributed by atoms with Crippen LogP contribution in [0.25, 0.3) is 0 Å². The standard InChI is InChI=1S/C9H18N2.2C2H6/c1-10-6-3-9(4-7-10)5-8-11(9)2;2*1-2/h3-8H2,1-2H3;2*1-2H3. The Balaban J connectivity index is 0.000000442. The lowest BCUT2D eigenvalue weighted by Crippen LogP contribution is -2.61. The summed E-state index contributed by atoms with van der Waals surface area (Å²) in [7, 11) is 4.50. The second-order valence-corrected chi connectivity index (χ2v) is 4.20. The Morgan fingerprint density at radius 1 is 0.733 bits per heavy atom. The second-order valence-electron chi connectivity index (χ2n) is 4.20. The van der Waals surface area contributed by atoms with Gasteiger partial charge in [0, 0.05) is 12.1 Å².